The molecule has 0 radical (unpaired) electrons. The Balaban J connectivity index is 2.81. The molecule has 19 heavy (non-hydrogen) atoms. The van der Waals surface area contributed by atoms with Gasteiger partial charge in [0.1, 0.15) is 9.84 Å². The summed E-state index contributed by atoms with van der Waals surface area (Å²) in [6, 6.07) is 7.71. The van der Waals surface area contributed by atoms with Crippen molar-refractivity contribution in [1.82, 2.24) is 5.32 Å². The van der Waals surface area contributed by atoms with Gasteiger partial charge in [-0.15, -0.1) is 0 Å². The molecule has 0 saturated heterocycles. The number of rotatable bonds is 6. The van der Waals surface area contributed by atoms with Gasteiger partial charge in [-0.05, 0) is 30.5 Å². The van der Waals surface area contributed by atoms with Crippen molar-refractivity contribution in [3.8, 4) is 0 Å². The molecule has 5 heteroatoms. The molecular formula is C14H22ClNO2S. The molecule has 0 spiro atoms. The van der Waals surface area contributed by atoms with Crippen molar-refractivity contribution in [2.45, 2.75) is 32.9 Å². The first-order valence-corrected chi connectivity index (χ1v) is 8.82. The third kappa shape index (κ3) is 5.93. The van der Waals surface area contributed by atoms with Gasteiger partial charge in [0.05, 0.1) is 5.75 Å². The van der Waals surface area contributed by atoms with Crippen LogP contribution in [0.1, 0.15) is 32.4 Å². The highest BCUT2D eigenvalue weighted by Crippen LogP contribution is 2.23. The summed E-state index contributed by atoms with van der Waals surface area (Å²) in [5.41, 5.74) is 1.12. The predicted octanol–water partition coefficient (Wildman–Crippen LogP) is 3.06. The van der Waals surface area contributed by atoms with E-state index >= 15 is 0 Å². The van der Waals surface area contributed by atoms with Crippen LogP contribution in [-0.4, -0.2) is 26.5 Å². The van der Waals surface area contributed by atoms with Crippen LogP contribution in [0.3, 0.4) is 0 Å². The van der Waals surface area contributed by atoms with Gasteiger partial charge in [0.25, 0.3) is 0 Å². The van der Waals surface area contributed by atoms with Gasteiger partial charge in [-0.1, -0.05) is 37.6 Å². The summed E-state index contributed by atoms with van der Waals surface area (Å²) < 4.78 is 22.6. The van der Waals surface area contributed by atoms with E-state index in [9.17, 15) is 8.42 Å². The van der Waals surface area contributed by atoms with Gasteiger partial charge in [-0.2, -0.15) is 0 Å². The Kier molecular flexibility index (Phi) is 5.83. The fourth-order valence-electron chi connectivity index (χ4n) is 2.15. The van der Waals surface area contributed by atoms with Gasteiger partial charge in [0, 0.05) is 23.4 Å². The molecule has 0 aromatic heterocycles. The average molecular weight is 304 g/mol. The minimum atomic E-state index is -2.97. The van der Waals surface area contributed by atoms with Crippen LogP contribution in [0.15, 0.2) is 24.3 Å². The highest BCUT2D eigenvalue weighted by atomic mass is 35.5. The van der Waals surface area contributed by atoms with E-state index in [1.807, 2.05) is 31.2 Å². The van der Waals surface area contributed by atoms with E-state index in [0.717, 1.165) is 5.56 Å². The van der Waals surface area contributed by atoms with E-state index in [0.29, 0.717) is 10.9 Å². The average Bonchev–Trinajstić information content (AvgIpc) is 2.24. The Morgan fingerprint density at radius 3 is 2.11 bits per heavy atom. The maximum atomic E-state index is 11.3. The lowest BCUT2D eigenvalue weighted by atomic mass is 9.95. The zero-order valence-electron chi connectivity index (χ0n) is 11.9. The molecule has 1 aromatic rings. The molecule has 1 N–H and O–H groups in total. The van der Waals surface area contributed by atoms with E-state index in [1.54, 1.807) is 0 Å². The first-order chi connectivity index (χ1) is 8.69. The second kappa shape index (κ2) is 6.73. The molecule has 108 valence electrons. The number of benzene rings is 1. The van der Waals surface area contributed by atoms with Gasteiger partial charge < -0.3 is 5.32 Å². The van der Waals surface area contributed by atoms with Crippen LogP contribution in [0.25, 0.3) is 0 Å². The van der Waals surface area contributed by atoms with Gasteiger partial charge in [0.2, 0.25) is 0 Å². The van der Waals surface area contributed by atoms with Gasteiger partial charge in [-0.3, -0.25) is 0 Å². The first kappa shape index (κ1) is 16.5. The molecule has 0 aliphatic carbocycles. The highest BCUT2D eigenvalue weighted by Gasteiger charge is 2.20. The minimum absolute atomic E-state index is 0.0851. The number of hydrogen-bond donors (Lipinski definition) is 1. The van der Waals surface area contributed by atoms with Crippen molar-refractivity contribution >= 4 is 21.4 Å². The van der Waals surface area contributed by atoms with Crippen molar-refractivity contribution in [1.29, 1.82) is 0 Å². The third-order valence-electron chi connectivity index (χ3n) is 2.91. The Bertz CT molecular complexity index is 497. The lowest BCUT2D eigenvalue weighted by Crippen LogP contribution is -2.37. The van der Waals surface area contributed by atoms with Crippen molar-refractivity contribution in [2.24, 2.45) is 5.92 Å². The lowest BCUT2D eigenvalue weighted by molar-refractivity contribution is 0.381. The topological polar surface area (TPSA) is 46.2 Å². The summed E-state index contributed by atoms with van der Waals surface area (Å²) in [6.07, 6.45) is 1.26. The van der Waals surface area contributed by atoms with Crippen molar-refractivity contribution in [2.75, 3.05) is 12.0 Å². The molecule has 3 nitrogen and oxygen atoms in total. The summed E-state index contributed by atoms with van der Waals surface area (Å²) in [5, 5.41) is 4.09. The normalized spacial score (nSPS) is 15.5. The molecule has 0 aliphatic rings. The van der Waals surface area contributed by atoms with Crippen LogP contribution in [0, 0.1) is 5.92 Å². The molecule has 0 amide bonds. The Morgan fingerprint density at radius 2 is 1.68 bits per heavy atom. The van der Waals surface area contributed by atoms with Gasteiger partial charge in [0.15, 0.2) is 0 Å². The number of halogens is 1. The molecule has 0 fully saturated rings. The summed E-state index contributed by atoms with van der Waals surface area (Å²) in [7, 11) is -2.97. The summed E-state index contributed by atoms with van der Waals surface area (Å²) in [5.74, 6) is 0.507. The zero-order chi connectivity index (χ0) is 14.6. The molecule has 0 aliphatic heterocycles. The second-order valence-corrected chi connectivity index (χ2v) is 8.05. The maximum absolute atomic E-state index is 11.3. The SMILES string of the molecule is CC(CS(C)(=O)=O)NC(c1ccc(Cl)cc1)C(C)C. The Labute approximate surface area is 121 Å². The predicted molar refractivity (Wildman–Crippen MR) is 81.3 cm³/mol. The van der Waals surface area contributed by atoms with Gasteiger partial charge >= 0.3 is 0 Å². The molecule has 1 aromatic carbocycles. The quantitative estimate of drug-likeness (QED) is 0.878. The number of hydrogen-bond acceptors (Lipinski definition) is 3. The van der Waals surface area contributed by atoms with Crippen LogP contribution in [0.2, 0.25) is 5.02 Å². The fraction of sp³-hybridized carbons (Fsp3) is 0.571. The lowest BCUT2D eigenvalue weighted by Gasteiger charge is -2.26. The maximum Gasteiger partial charge on any atom is 0.148 e. The largest absolute Gasteiger partial charge is 0.306 e. The molecule has 0 saturated carbocycles. The van der Waals surface area contributed by atoms with E-state index < -0.39 is 9.84 Å². The Hall–Kier alpha value is -0.580. The second-order valence-electron chi connectivity index (χ2n) is 5.43. The van der Waals surface area contributed by atoms with E-state index in [2.05, 4.69) is 19.2 Å². The standard InChI is InChI=1S/C14H22ClNO2S/c1-10(2)14(12-5-7-13(15)8-6-12)16-11(3)9-19(4,17)18/h5-8,10-11,14,16H,9H2,1-4H3. The third-order valence-corrected chi connectivity index (χ3v) is 4.27. The molecule has 2 unspecified atom stereocenters. The van der Waals surface area contributed by atoms with Crippen molar-refractivity contribution in [3.05, 3.63) is 34.9 Å². The van der Waals surface area contributed by atoms with Gasteiger partial charge in [-0.25, -0.2) is 8.42 Å². The van der Waals surface area contributed by atoms with E-state index in [4.69, 9.17) is 11.6 Å². The molecule has 0 heterocycles. The molecule has 2 atom stereocenters. The van der Waals surface area contributed by atoms with Crippen LogP contribution in [0.4, 0.5) is 0 Å². The van der Waals surface area contributed by atoms with Crippen LogP contribution >= 0.6 is 11.6 Å². The molecule has 1 rings (SSSR count). The summed E-state index contributed by atoms with van der Waals surface area (Å²) >= 11 is 5.89. The van der Waals surface area contributed by atoms with Crippen LogP contribution in [-0.2, 0) is 9.84 Å². The van der Waals surface area contributed by atoms with E-state index in [-0.39, 0.29) is 17.8 Å². The minimum Gasteiger partial charge on any atom is -0.306 e. The fourth-order valence-corrected chi connectivity index (χ4v) is 3.28. The molecule has 0 bridgehead atoms. The summed E-state index contributed by atoms with van der Waals surface area (Å²) in [4.78, 5) is 0. The smallest absolute Gasteiger partial charge is 0.148 e. The van der Waals surface area contributed by atoms with Crippen LogP contribution < -0.4 is 5.32 Å². The van der Waals surface area contributed by atoms with E-state index in [1.165, 1.54) is 6.26 Å². The number of nitrogens with one attached hydrogen (secondary N) is 1. The Morgan fingerprint density at radius 1 is 1.16 bits per heavy atom. The molecular weight excluding hydrogens is 282 g/mol. The first-order valence-electron chi connectivity index (χ1n) is 6.38. The zero-order valence-corrected chi connectivity index (χ0v) is 13.4. The van der Waals surface area contributed by atoms with Crippen molar-refractivity contribution in [3.63, 3.8) is 0 Å². The highest BCUT2D eigenvalue weighted by molar-refractivity contribution is 7.90. The summed E-state index contributed by atoms with van der Waals surface area (Å²) in [6.45, 7) is 6.12. The van der Waals surface area contributed by atoms with Crippen LogP contribution in [0.5, 0.6) is 0 Å². The monoisotopic (exact) mass is 303 g/mol. The van der Waals surface area contributed by atoms with Crippen molar-refractivity contribution < 1.29 is 8.42 Å². The number of sulfone groups is 1.